The van der Waals surface area contributed by atoms with Crippen molar-refractivity contribution in [3.63, 3.8) is 0 Å². The molecule has 0 amide bonds. The Morgan fingerprint density at radius 3 is 2.11 bits per heavy atom. The van der Waals surface area contributed by atoms with Gasteiger partial charge < -0.3 is 4.74 Å². The van der Waals surface area contributed by atoms with Crippen LogP contribution in [0.5, 0.6) is 0 Å². The molecule has 0 radical (unpaired) electrons. The number of ether oxygens (including phenoxy) is 1. The van der Waals surface area contributed by atoms with E-state index < -0.39 is 5.97 Å². The molecule has 3 aromatic heterocycles. The van der Waals surface area contributed by atoms with Gasteiger partial charge in [0, 0.05) is 35.5 Å². The molecule has 0 N–H and O–H groups in total. The first kappa shape index (κ1) is 22.9. The number of benzene rings is 2. The monoisotopic (exact) mass is 524 g/mol. The zero-order valence-electron chi connectivity index (χ0n) is 19.3. The lowest BCUT2D eigenvalue weighted by Gasteiger charge is -2.08. The molecule has 0 aliphatic heterocycles. The average Bonchev–Trinajstić information content (AvgIpc) is 3.70. The highest BCUT2D eigenvalue weighted by atomic mass is 32.1. The Labute approximate surface area is 221 Å². The summed E-state index contributed by atoms with van der Waals surface area (Å²) in [6.07, 6.45) is 0. The Morgan fingerprint density at radius 1 is 0.722 bits per heavy atom. The second kappa shape index (κ2) is 9.47. The molecule has 36 heavy (non-hydrogen) atoms. The molecule has 0 atom stereocenters. The zero-order chi connectivity index (χ0) is 24.6. The first-order chi connectivity index (χ1) is 17.6. The minimum Gasteiger partial charge on any atom is -0.462 e. The Balaban J connectivity index is 1.36. The molecule has 0 fully saturated rings. The lowest BCUT2D eigenvalue weighted by Crippen LogP contribution is -2.14. The van der Waals surface area contributed by atoms with Crippen LogP contribution in [0.2, 0.25) is 0 Å². The highest BCUT2D eigenvalue weighted by Gasteiger charge is 2.35. The van der Waals surface area contributed by atoms with Crippen molar-refractivity contribution in [2.45, 2.75) is 6.92 Å². The van der Waals surface area contributed by atoms with Crippen molar-refractivity contribution in [3.8, 4) is 29.9 Å². The van der Waals surface area contributed by atoms with E-state index in [9.17, 15) is 9.59 Å². The van der Waals surface area contributed by atoms with Crippen LogP contribution in [0, 0.1) is 0 Å². The van der Waals surface area contributed by atoms with E-state index in [0.29, 0.717) is 11.1 Å². The summed E-state index contributed by atoms with van der Waals surface area (Å²) in [5.74, 6) is -0.850. The molecule has 6 heteroatoms. The summed E-state index contributed by atoms with van der Waals surface area (Å²) in [7, 11) is 0. The SMILES string of the molecule is CCOC(=O)C1=C(c2ccccc2)c2ccc(-c3ccc(-c4ccc(-c5cccs5)s4)s3)cc2C1=O. The molecule has 0 unspecified atom stereocenters. The largest absolute Gasteiger partial charge is 0.462 e. The second-order valence-corrected chi connectivity index (χ2v) is 11.3. The van der Waals surface area contributed by atoms with Gasteiger partial charge in [0.2, 0.25) is 5.78 Å². The number of carbonyl (C=O) groups excluding carboxylic acids is 2. The smallest absolute Gasteiger partial charge is 0.342 e. The molecule has 2 aromatic carbocycles. The highest BCUT2D eigenvalue weighted by molar-refractivity contribution is 7.27. The summed E-state index contributed by atoms with van der Waals surface area (Å²) < 4.78 is 5.26. The lowest BCUT2D eigenvalue weighted by molar-refractivity contribution is -0.137. The van der Waals surface area contributed by atoms with Crippen LogP contribution in [-0.4, -0.2) is 18.4 Å². The van der Waals surface area contributed by atoms with E-state index in [2.05, 4.69) is 41.8 Å². The quantitative estimate of drug-likeness (QED) is 0.165. The van der Waals surface area contributed by atoms with Crippen molar-refractivity contribution in [1.82, 2.24) is 0 Å². The van der Waals surface area contributed by atoms with Gasteiger partial charge in [0.05, 0.1) is 6.61 Å². The van der Waals surface area contributed by atoms with E-state index in [0.717, 1.165) is 21.6 Å². The number of hydrogen-bond donors (Lipinski definition) is 0. The van der Waals surface area contributed by atoms with Gasteiger partial charge >= 0.3 is 5.97 Å². The van der Waals surface area contributed by atoms with Crippen molar-refractivity contribution in [3.05, 3.63) is 113 Å². The van der Waals surface area contributed by atoms with Crippen LogP contribution >= 0.6 is 34.0 Å². The fourth-order valence-corrected chi connectivity index (χ4v) is 7.37. The van der Waals surface area contributed by atoms with E-state index in [4.69, 9.17) is 4.74 Å². The summed E-state index contributed by atoms with van der Waals surface area (Å²) in [6, 6.07) is 28.3. The van der Waals surface area contributed by atoms with Crippen LogP contribution < -0.4 is 0 Å². The van der Waals surface area contributed by atoms with Gasteiger partial charge in [-0.3, -0.25) is 4.79 Å². The fourth-order valence-electron chi connectivity index (χ4n) is 4.44. The van der Waals surface area contributed by atoms with Crippen LogP contribution in [0.15, 0.2) is 95.9 Å². The molecule has 176 valence electrons. The first-order valence-electron chi connectivity index (χ1n) is 11.5. The van der Waals surface area contributed by atoms with Gasteiger partial charge in [0.25, 0.3) is 0 Å². The number of rotatable bonds is 6. The number of esters is 1. The number of ketones is 1. The minimum atomic E-state index is -0.572. The minimum absolute atomic E-state index is 0.113. The molecule has 3 heterocycles. The Kier molecular flexibility index (Phi) is 6.01. The van der Waals surface area contributed by atoms with E-state index in [-0.39, 0.29) is 18.0 Å². The normalized spacial score (nSPS) is 12.8. The summed E-state index contributed by atoms with van der Waals surface area (Å²) in [5.41, 5.74) is 3.87. The Bertz CT molecular complexity index is 1620. The van der Waals surface area contributed by atoms with Crippen LogP contribution in [0.25, 0.3) is 35.5 Å². The molecular formula is C30H20O3S3. The zero-order valence-corrected chi connectivity index (χ0v) is 21.8. The molecule has 3 nitrogen and oxygen atoms in total. The predicted molar refractivity (Wildman–Crippen MR) is 150 cm³/mol. The second-order valence-electron chi connectivity index (χ2n) is 8.23. The molecule has 1 aliphatic carbocycles. The van der Waals surface area contributed by atoms with Gasteiger partial charge in [-0.2, -0.15) is 0 Å². The predicted octanol–water partition coefficient (Wildman–Crippen LogP) is 8.43. The van der Waals surface area contributed by atoms with Gasteiger partial charge in [-0.05, 0) is 65.4 Å². The van der Waals surface area contributed by atoms with Gasteiger partial charge in [0.1, 0.15) is 5.57 Å². The standard InChI is InChI=1S/C30H20O3S3/c1-2-33-30(32)28-27(18-7-4-3-5-8-18)20-11-10-19(17-21(20)29(28)31)22-12-13-25(35-22)26-15-14-24(36-26)23-9-6-16-34-23/h3-17H,2H2,1H3. The maximum Gasteiger partial charge on any atom is 0.342 e. The van der Waals surface area contributed by atoms with E-state index in [1.807, 2.05) is 48.5 Å². The topological polar surface area (TPSA) is 43.4 Å². The third kappa shape index (κ3) is 3.97. The summed E-state index contributed by atoms with van der Waals surface area (Å²) in [4.78, 5) is 32.3. The van der Waals surface area contributed by atoms with Crippen LogP contribution in [0.4, 0.5) is 0 Å². The van der Waals surface area contributed by atoms with E-state index in [1.165, 1.54) is 19.5 Å². The number of hydrogen-bond acceptors (Lipinski definition) is 6. The third-order valence-electron chi connectivity index (χ3n) is 6.06. The molecule has 0 bridgehead atoms. The Morgan fingerprint density at radius 2 is 1.42 bits per heavy atom. The molecule has 0 saturated heterocycles. The van der Waals surface area contributed by atoms with E-state index in [1.54, 1.807) is 40.9 Å². The van der Waals surface area contributed by atoms with Gasteiger partial charge in [-0.15, -0.1) is 34.0 Å². The van der Waals surface area contributed by atoms with Crippen LogP contribution in [-0.2, 0) is 9.53 Å². The highest BCUT2D eigenvalue weighted by Crippen LogP contribution is 2.43. The summed E-state index contributed by atoms with van der Waals surface area (Å²) in [6.45, 7) is 1.96. The van der Waals surface area contributed by atoms with Crippen LogP contribution in [0.1, 0.15) is 28.4 Å². The molecule has 0 saturated carbocycles. The third-order valence-corrected chi connectivity index (χ3v) is 9.54. The maximum atomic E-state index is 13.5. The first-order valence-corrected chi connectivity index (χ1v) is 14.1. The Hall–Kier alpha value is -3.58. The average molecular weight is 525 g/mol. The van der Waals surface area contributed by atoms with Gasteiger partial charge in [-0.1, -0.05) is 48.5 Å². The molecule has 0 spiro atoms. The fraction of sp³-hybridized carbons (Fsp3) is 0.0667. The van der Waals surface area contributed by atoms with Crippen LogP contribution in [0.3, 0.4) is 0 Å². The summed E-state index contributed by atoms with van der Waals surface area (Å²) >= 11 is 5.24. The number of thiophene rings is 3. The molecule has 6 rings (SSSR count). The van der Waals surface area contributed by atoms with Crippen molar-refractivity contribution >= 4 is 51.3 Å². The van der Waals surface area contributed by atoms with Crippen molar-refractivity contribution in [2.75, 3.05) is 6.61 Å². The van der Waals surface area contributed by atoms with Crippen molar-refractivity contribution < 1.29 is 14.3 Å². The van der Waals surface area contributed by atoms with Gasteiger partial charge in [0.15, 0.2) is 0 Å². The number of Topliss-reactive ketones (excluding diaryl/α,β-unsaturated/α-hetero) is 1. The maximum absolute atomic E-state index is 13.5. The van der Waals surface area contributed by atoms with Gasteiger partial charge in [-0.25, -0.2) is 4.79 Å². The lowest BCUT2D eigenvalue weighted by atomic mass is 9.96. The number of fused-ring (bicyclic) bond motifs is 1. The molecule has 5 aromatic rings. The summed E-state index contributed by atoms with van der Waals surface area (Å²) in [5, 5.41) is 2.10. The number of carbonyl (C=O) groups is 2. The van der Waals surface area contributed by atoms with Crippen molar-refractivity contribution in [2.24, 2.45) is 0 Å². The molecule has 1 aliphatic rings. The van der Waals surface area contributed by atoms with Crippen molar-refractivity contribution in [1.29, 1.82) is 0 Å². The van der Waals surface area contributed by atoms with E-state index >= 15 is 0 Å². The molecular weight excluding hydrogens is 505 g/mol.